The highest BCUT2D eigenvalue weighted by molar-refractivity contribution is 6.32. The van der Waals surface area contributed by atoms with Crippen LogP contribution in [0.1, 0.15) is 52.7 Å². The summed E-state index contributed by atoms with van der Waals surface area (Å²) in [7, 11) is 4.17. The monoisotopic (exact) mass is 422 g/mol. The Morgan fingerprint density at radius 1 is 1.13 bits per heavy atom. The number of nitrogens with one attached hydrogen (secondary N) is 1. The first-order chi connectivity index (χ1) is 14.4. The van der Waals surface area contributed by atoms with Crippen LogP contribution in [0.3, 0.4) is 0 Å². The van der Waals surface area contributed by atoms with Crippen molar-refractivity contribution < 1.29 is 4.79 Å². The molecular formula is C24H27ClN4O. The van der Waals surface area contributed by atoms with Crippen molar-refractivity contribution in [1.82, 2.24) is 10.2 Å². The maximum absolute atomic E-state index is 12.8. The molecule has 5 nitrogen and oxygen atoms in total. The molecule has 2 aliphatic rings. The normalized spacial score (nSPS) is 21.0. The van der Waals surface area contributed by atoms with Crippen LogP contribution in [0.15, 0.2) is 36.4 Å². The molecule has 0 saturated heterocycles. The molecule has 4 rings (SSSR count). The van der Waals surface area contributed by atoms with Crippen LogP contribution >= 0.6 is 11.6 Å². The van der Waals surface area contributed by atoms with Gasteiger partial charge in [-0.25, -0.2) is 0 Å². The fourth-order valence-electron chi connectivity index (χ4n) is 4.61. The van der Waals surface area contributed by atoms with Crippen LogP contribution in [0.4, 0.5) is 5.69 Å². The van der Waals surface area contributed by atoms with Gasteiger partial charge in [0.25, 0.3) is 5.91 Å². The molecule has 156 valence electrons. The zero-order valence-corrected chi connectivity index (χ0v) is 18.2. The predicted octanol–water partition coefficient (Wildman–Crippen LogP) is 4.33. The summed E-state index contributed by atoms with van der Waals surface area (Å²) in [4.78, 5) is 17.2. The van der Waals surface area contributed by atoms with E-state index in [0.717, 1.165) is 50.0 Å². The standard InChI is InChI=1S/C24H27ClN4O/c1-28-14-18-4-3-16(11-19(18)15-28)24(30)27-20-6-9-21(10-7-20)29(2)22-8-5-17(13-26)23(25)12-22/h3-5,8,11-12,20-21H,6-7,9-10,14-15H2,1-2H3,(H,27,30)/t20-,21-. The summed E-state index contributed by atoms with van der Waals surface area (Å²) in [6.45, 7) is 1.87. The number of hydrogen-bond acceptors (Lipinski definition) is 4. The van der Waals surface area contributed by atoms with Gasteiger partial charge in [0.05, 0.1) is 10.6 Å². The molecule has 2 aromatic carbocycles. The maximum atomic E-state index is 12.8. The lowest BCUT2D eigenvalue weighted by molar-refractivity contribution is 0.0925. The topological polar surface area (TPSA) is 59.4 Å². The third-order valence-corrected chi connectivity index (χ3v) is 6.72. The molecule has 0 aromatic heterocycles. The lowest BCUT2D eigenvalue weighted by Gasteiger charge is -2.36. The van der Waals surface area contributed by atoms with Crippen LogP contribution in [0, 0.1) is 11.3 Å². The lowest BCUT2D eigenvalue weighted by Crippen LogP contribution is -2.43. The highest BCUT2D eigenvalue weighted by atomic mass is 35.5. The van der Waals surface area contributed by atoms with Gasteiger partial charge in [0.15, 0.2) is 0 Å². The highest BCUT2D eigenvalue weighted by Gasteiger charge is 2.26. The van der Waals surface area contributed by atoms with Crippen molar-refractivity contribution in [2.45, 2.75) is 50.9 Å². The number of halogens is 1. The fourth-order valence-corrected chi connectivity index (χ4v) is 4.82. The number of nitrogens with zero attached hydrogens (tertiary/aromatic N) is 3. The third-order valence-electron chi connectivity index (χ3n) is 6.41. The Morgan fingerprint density at radius 2 is 1.87 bits per heavy atom. The molecule has 30 heavy (non-hydrogen) atoms. The van der Waals surface area contributed by atoms with Gasteiger partial charge in [-0.3, -0.25) is 9.69 Å². The Labute approximate surface area is 183 Å². The number of fused-ring (bicyclic) bond motifs is 1. The molecule has 0 bridgehead atoms. The predicted molar refractivity (Wildman–Crippen MR) is 120 cm³/mol. The van der Waals surface area contributed by atoms with Gasteiger partial charge in [0, 0.05) is 43.5 Å². The number of hydrogen-bond donors (Lipinski definition) is 1. The number of rotatable bonds is 4. The third kappa shape index (κ3) is 4.30. The molecule has 1 fully saturated rings. The molecule has 0 atom stereocenters. The lowest BCUT2D eigenvalue weighted by atomic mass is 9.89. The summed E-state index contributed by atoms with van der Waals surface area (Å²) in [5, 5.41) is 12.8. The van der Waals surface area contributed by atoms with Crippen LogP contribution < -0.4 is 10.2 Å². The maximum Gasteiger partial charge on any atom is 0.251 e. The van der Waals surface area contributed by atoms with E-state index >= 15 is 0 Å². The molecule has 0 radical (unpaired) electrons. The first kappa shape index (κ1) is 20.7. The van der Waals surface area contributed by atoms with Gasteiger partial charge in [-0.2, -0.15) is 5.26 Å². The van der Waals surface area contributed by atoms with Crippen LogP contribution in [-0.4, -0.2) is 37.0 Å². The van der Waals surface area contributed by atoms with Gasteiger partial charge in [-0.15, -0.1) is 0 Å². The van der Waals surface area contributed by atoms with E-state index < -0.39 is 0 Å². The molecular weight excluding hydrogens is 396 g/mol. The summed E-state index contributed by atoms with van der Waals surface area (Å²) in [5.41, 5.74) is 4.86. The molecule has 0 unspecified atom stereocenters. The highest BCUT2D eigenvalue weighted by Crippen LogP contribution is 2.29. The molecule has 1 amide bonds. The van der Waals surface area contributed by atoms with Crippen LogP contribution in [0.25, 0.3) is 0 Å². The molecule has 2 aromatic rings. The number of amides is 1. The van der Waals surface area contributed by atoms with Gasteiger partial charge in [-0.1, -0.05) is 17.7 Å². The average Bonchev–Trinajstić information content (AvgIpc) is 3.12. The van der Waals surface area contributed by atoms with Gasteiger partial charge in [-0.05, 0) is 74.2 Å². The minimum atomic E-state index is 0.0306. The summed E-state index contributed by atoms with van der Waals surface area (Å²) in [5.74, 6) is 0.0306. The average molecular weight is 423 g/mol. The van der Waals surface area contributed by atoms with Gasteiger partial charge in [0.2, 0.25) is 0 Å². The van der Waals surface area contributed by atoms with Crippen molar-refractivity contribution in [2.24, 2.45) is 0 Å². The molecule has 1 saturated carbocycles. The van der Waals surface area contributed by atoms with E-state index in [1.807, 2.05) is 24.3 Å². The van der Waals surface area contributed by atoms with Crippen molar-refractivity contribution in [3.05, 3.63) is 63.7 Å². The largest absolute Gasteiger partial charge is 0.372 e. The molecule has 1 heterocycles. The zero-order valence-electron chi connectivity index (χ0n) is 17.5. The Kier molecular flexibility index (Phi) is 5.99. The molecule has 0 spiro atoms. The summed E-state index contributed by atoms with van der Waals surface area (Å²) < 4.78 is 0. The zero-order chi connectivity index (χ0) is 21.3. The Bertz CT molecular complexity index is 991. The quantitative estimate of drug-likeness (QED) is 0.796. The van der Waals surface area contributed by atoms with Crippen molar-refractivity contribution in [3.63, 3.8) is 0 Å². The SMILES string of the molecule is CN1Cc2ccc(C(=O)N[C@H]3CC[C@H](N(C)c4ccc(C#N)c(Cl)c4)CC3)cc2C1. The molecule has 1 aliphatic heterocycles. The van der Waals surface area contributed by atoms with Gasteiger partial charge < -0.3 is 10.2 Å². The minimum absolute atomic E-state index is 0.0306. The van der Waals surface area contributed by atoms with E-state index in [1.165, 1.54) is 11.1 Å². The summed E-state index contributed by atoms with van der Waals surface area (Å²) >= 11 is 6.20. The van der Waals surface area contributed by atoms with Gasteiger partial charge >= 0.3 is 0 Å². The van der Waals surface area contributed by atoms with Crippen LogP contribution in [0.2, 0.25) is 5.02 Å². The Morgan fingerprint density at radius 3 is 2.57 bits per heavy atom. The number of benzene rings is 2. The second-order valence-electron chi connectivity index (χ2n) is 8.52. The summed E-state index contributed by atoms with van der Waals surface area (Å²) in [6, 6.07) is 14.4. The van der Waals surface area contributed by atoms with Crippen molar-refractivity contribution in [3.8, 4) is 6.07 Å². The van der Waals surface area contributed by atoms with Gasteiger partial charge in [0.1, 0.15) is 6.07 Å². The van der Waals surface area contributed by atoms with E-state index in [4.69, 9.17) is 16.9 Å². The number of carbonyl (C=O) groups excluding carboxylic acids is 1. The molecule has 6 heteroatoms. The number of anilines is 1. The van der Waals surface area contributed by atoms with E-state index in [0.29, 0.717) is 16.6 Å². The van der Waals surface area contributed by atoms with Crippen molar-refractivity contribution in [2.75, 3.05) is 19.0 Å². The van der Waals surface area contributed by atoms with Crippen molar-refractivity contribution in [1.29, 1.82) is 5.26 Å². The van der Waals surface area contributed by atoms with Crippen LogP contribution in [-0.2, 0) is 13.1 Å². The second kappa shape index (κ2) is 8.67. The van der Waals surface area contributed by atoms with E-state index in [1.54, 1.807) is 6.07 Å². The van der Waals surface area contributed by atoms with E-state index in [-0.39, 0.29) is 11.9 Å². The van der Waals surface area contributed by atoms with E-state index in [9.17, 15) is 4.79 Å². The Hall–Kier alpha value is -2.55. The van der Waals surface area contributed by atoms with Crippen molar-refractivity contribution >= 4 is 23.2 Å². The molecule has 1 N–H and O–H groups in total. The first-order valence-electron chi connectivity index (χ1n) is 10.5. The van der Waals surface area contributed by atoms with Crippen LogP contribution in [0.5, 0.6) is 0 Å². The summed E-state index contributed by atoms with van der Waals surface area (Å²) in [6.07, 6.45) is 3.93. The minimum Gasteiger partial charge on any atom is -0.372 e. The second-order valence-corrected chi connectivity index (χ2v) is 8.93. The molecule has 1 aliphatic carbocycles. The number of carbonyl (C=O) groups is 1. The number of nitriles is 1. The first-order valence-corrected chi connectivity index (χ1v) is 10.9. The van der Waals surface area contributed by atoms with E-state index in [2.05, 4.69) is 41.3 Å². The fraction of sp³-hybridized carbons (Fsp3) is 0.417. The smallest absolute Gasteiger partial charge is 0.251 e. The Balaban J connectivity index is 1.32.